The maximum Gasteiger partial charge on any atom is 0.234 e. The molecule has 4 heteroatoms. The zero-order valence-corrected chi connectivity index (χ0v) is 19.8. The van der Waals surface area contributed by atoms with Gasteiger partial charge in [0.25, 0.3) is 0 Å². The number of hydrogen-bond acceptors (Lipinski definition) is 3. The highest BCUT2D eigenvalue weighted by atomic mass is 16.3. The lowest BCUT2D eigenvalue weighted by Crippen LogP contribution is -2.41. The molecule has 1 N–H and O–H groups in total. The second kappa shape index (κ2) is 10.3. The van der Waals surface area contributed by atoms with Crippen LogP contribution in [0.4, 0.5) is 0 Å². The summed E-state index contributed by atoms with van der Waals surface area (Å²) in [4.78, 5) is 18.3. The van der Waals surface area contributed by atoms with E-state index >= 15 is 0 Å². The number of nitrogens with zero attached hydrogens (tertiary/aromatic N) is 2. The Hall–Kier alpha value is -2.95. The summed E-state index contributed by atoms with van der Waals surface area (Å²) in [6.45, 7) is 6.34. The van der Waals surface area contributed by atoms with Crippen LogP contribution in [0, 0.1) is 13.8 Å². The number of benzene rings is 3. The van der Waals surface area contributed by atoms with Crippen LogP contribution in [0.5, 0.6) is 0 Å². The van der Waals surface area contributed by atoms with Crippen LogP contribution in [0.1, 0.15) is 46.2 Å². The van der Waals surface area contributed by atoms with Gasteiger partial charge in [0.15, 0.2) is 0 Å². The zero-order valence-electron chi connectivity index (χ0n) is 19.8. The molecule has 3 aromatic carbocycles. The Morgan fingerprint density at radius 2 is 1.45 bits per heavy atom. The lowest BCUT2D eigenvalue weighted by atomic mass is 9.88. The van der Waals surface area contributed by atoms with Gasteiger partial charge in [-0.3, -0.25) is 9.69 Å². The molecule has 172 valence electrons. The summed E-state index contributed by atoms with van der Waals surface area (Å²) in [6.07, 6.45) is 0.504. The van der Waals surface area contributed by atoms with Crippen LogP contribution in [0.15, 0.2) is 78.9 Å². The fourth-order valence-electron chi connectivity index (χ4n) is 4.70. The van der Waals surface area contributed by atoms with Gasteiger partial charge >= 0.3 is 0 Å². The molecule has 0 saturated carbocycles. The number of aliphatic hydroxyl groups is 1. The molecule has 1 aliphatic rings. The third-order valence-corrected chi connectivity index (χ3v) is 6.75. The number of aliphatic hydroxyl groups excluding tert-OH is 1. The van der Waals surface area contributed by atoms with E-state index in [1.54, 1.807) is 0 Å². The highest BCUT2D eigenvalue weighted by Gasteiger charge is 2.32. The quantitative estimate of drug-likeness (QED) is 0.577. The molecule has 2 atom stereocenters. The van der Waals surface area contributed by atoms with Gasteiger partial charge in [-0.25, -0.2) is 0 Å². The van der Waals surface area contributed by atoms with Crippen LogP contribution < -0.4 is 0 Å². The van der Waals surface area contributed by atoms with Crippen LogP contribution >= 0.6 is 0 Å². The topological polar surface area (TPSA) is 43.8 Å². The number of carbonyl (C=O) groups excluding carboxylic acids is 1. The third-order valence-electron chi connectivity index (χ3n) is 6.75. The fraction of sp³-hybridized carbons (Fsp3) is 0.345. The summed E-state index contributed by atoms with van der Waals surface area (Å²) in [5.41, 5.74) is 5.48. The molecule has 3 aromatic rings. The average Bonchev–Trinajstić information content (AvgIpc) is 3.25. The number of carbonyl (C=O) groups is 1. The van der Waals surface area contributed by atoms with Crippen LogP contribution in [0.3, 0.4) is 0 Å². The van der Waals surface area contributed by atoms with Gasteiger partial charge in [-0.1, -0.05) is 90.0 Å². The Morgan fingerprint density at radius 3 is 1.94 bits per heavy atom. The van der Waals surface area contributed by atoms with Crippen molar-refractivity contribution in [2.45, 2.75) is 38.3 Å². The standard InChI is InChI=1S/C29H34N2O2/c1-21-9-13-24(14-10-21)28(25-15-11-22(2)12-16-25)29(33)30(3)27(23-7-5-4-6-8-23)20-31-18-17-26(32)19-31/h4-16,26-28,32H,17-20H2,1-3H3/t26-,27+/m0/s1. The minimum atomic E-state index is -0.369. The van der Waals surface area contributed by atoms with E-state index in [0.717, 1.165) is 29.7 Å². The molecule has 1 amide bonds. The van der Waals surface area contributed by atoms with Crippen molar-refractivity contribution in [2.24, 2.45) is 0 Å². The molecule has 0 radical (unpaired) electrons. The van der Waals surface area contributed by atoms with Gasteiger partial charge in [-0.2, -0.15) is 0 Å². The molecule has 1 heterocycles. The Bertz CT molecular complexity index is 1000. The van der Waals surface area contributed by atoms with Crippen molar-refractivity contribution in [2.75, 3.05) is 26.7 Å². The summed E-state index contributed by atoms with van der Waals surface area (Å²) >= 11 is 0. The molecule has 1 aliphatic heterocycles. The van der Waals surface area contributed by atoms with Gasteiger partial charge in [0.1, 0.15) is 0 Å². The predicted octanol–water partition coefficient (Wildman–Crippen LogP) is 4.70. The maximum absolute atomic E-state index is 14.1. The van der Waals surface area contributed by atoms with Crippen molar-refractivity contribution in [3.05, 3.63) is 107 Å². The van der Waals surface area contributed by atoms with Crippen LogP contribution in [0.25, 0.3) is 0 Å². The van der Waals surface area contributed by atoms with Crippen LogP contribution in [-0.4, -0.2) is 53.6 Å². The van der Waals surface area contributed by atoms with Crippen LogP contribution in [-0.2, 0) is 4.79 Å². The van der Waals surface area contributed by atoms with Crippen molar-refractivity contribution in [1.82, 2.24) is 9.80 Å². The molecule has 0 bridgehead atoms. The largest absolute Gasteiger partial charge is 0.392 e. The molecule has 1 fully saturated rings. The van der Waals surface area contributed by atoms with Crippen molar-refractivity contribution >= 4 is 5.91 Å². The van der Waals surface area contributed by atoms with Gasteiger partial charge in [0.05, 0.1) is 18.1 Å². The first-order chi connectivity index (χ1) is 15.9. The highest BCUT2D eigenvalue weighted by Crippen LogP contribution is 2.31. The zero-order chi connectivity index (χ0) is 23.4. The Labute approximate surface area is 197 Å². The normalized spacial score (nSPS) is 17.3. The number of likely N-dealkylation sites (tertiary alicyclic amines) is 1. The summed E-state index contributed by atoms with van der Waals surface area (Å²) in [6, 6.07) is 26.7. The van der Waals surface area contributed by atoms with Crippen molar-refractivity contribution in [1.29, 1.82) is 0 Å². The van der Waals surface area contributed by atoms with Gasteiger partial charge in [0, 0.05) is 26.7 Å². The summed E-state index contributed by atoms with van der Waals surface area (Å²) in [5, 5.41) is 10.0. The van der Waals surface area contributed by atoms with Crippen molar-refractivity contribution in [3.63, 3.8) is 0 Å². The third kappa shape index (κ3) is 5.52. The summed E-state index contributed by atoms with van der Waals surface area (Å²) in [5.74, 6) is -0.289. The lowest BCUT2D eigenvalue weighted by molar-refractivity contribution is -0.133. The monoisotopic (exact) mass is 442 g/mol. The molecule has 1 saturated heterocycles. The fourth-order valence-corrected chi connectivity index (χ4v) is 4.70. The van der Waals surface area contributed by atoms with Gasteiger partial charge < -0.3 is 10.0 Å². The van der Waals surface area contributed by atoms with E-state index in [2.05, 4.69) is 79.4 Å². The molecule has 4 nitrogen and oxygen atoms in total. The number of β-amino-alcohol motifs (C(OH)–C–C–N with tert-alkyl or cyclic N) is 1. The molecule has 0 aliphatic carbocycles. The number of aryl methyl sites for hydroxylation is 2. The van der Waals surface area contributed by atoms with E-state index in [-0.39, 0.29) is 24.0 Å². The van der Waals surface area contributed by atoms with Crippen molar-refractivity contribution in [3.8, 4) is 0 Å². The number of rotatable bonds is 7. The summed E-state index contributed by atoms with van der Waals surface area (Å²) < 4.78 is 0. The minimum absolute atomic E-state index is 0.0799. The van der Waals surface area contributed by atoms with E-state index in [1.165, 1.54) is 11.1 Å². The lowest BCUT2D eigenvalue weighted by Gasteiger charge is -2.34. The Balaban J connectivity index is 1.69. The number of hydrogen-bond donors (Lipinski definition) is 1. The molecular formula is C29H34N2O2. The molecule has 4 rings (SSSR count). The highest BCUT2D eigenvalue weighted by molar-refractivity contribution is 5.87. The van der Waals surface area contributed by atoms with E-state index in [0.29, 0.717) is 13.1 Å². The minimum Gasteiger partial charge on any atom is -0.392 e. The van der Waals surface area contributed by atoms with Crippen molar-refractivity contribution < 1.29 is 9.90 Å². The average molecular weight is 443 g/mol. The smallest absolute Gasteiger partial charge is 0.234 e. The number of amides is 1. The molecule has 0 spiro atoms. The number of likely N-dealkylation sites (N-methyl/N-ethyl adjacent to an activating group) is 1. The van der Waals surface area contributed by atoms with Gasteiger partial charge in [-0.15, -0.1) is 0 Å². The van der Waals surface area contributed by atoms with Gasteiger partial charge in [0.2, 0.25) is 5.91 Å². The van der Waals surface area contributed by atoms with Crippen LogP contribution in [0.2, 0.25) is 0 Å². The second-order valence-corrected chi connectivity index (χ2v) is 9.33. The van der Waals surface area contributed by atoms with E-state index in [4.69, 9.17) is 0 Å². The first-order valence-corrected chi connectivity index (χ1v) is 11.8. The first kappa shape index (κ1) is 23.2. The second-order valence-electron chi connectivity index (χ2n) is 9.33. The van der Waals surface area contributed by atoms with Gasteiger partial charge in [-0.05, 0) is 37.0 Å². The summed E-state index contributed by atoms with van der Waals surface area (Å²) in [7, 11) is 1.92. The first-order valence-electron chi connectivity index (χ1n) is 11.8. The maximum atomic E-state index is 14.1. The predicted molar refractivity (Wildman–Crippen MR) is 133 cm³/mol. The molecule has 33 heavy (non-hydrogen) atoms. The van der Waals surface area contributed by atoms with E-state index in [1.807, 2.05) is 30.1 Å². The molecular weight excluding hydrogens is 408 g/mol. The van der Waals surface area contributed by atoms with E-state index in [9.17, 15) is 9.90 Å². The van der Waals surface area contributed by atoms with E-state index < -0.39 is 0 Å². The Kier molecular flexibility index (Phi) is 7.26. The SMILES string of the molecule is Cc1ccc(C(C(=O)N(C)[C@H](CN2CC[C@H](O)C2)c2ccccc2)c2ccc(C)cc2)cc1. The molecule has 0 unspecified atom stereocenters. The molecule has 0 aromatic heterocycles. The Morgan fingerprint density at radius 1 is 0.909 bits per heavy atom.